The number of carbonyl (C=O) groups excluding carboxylic acids is 1. The number of nitrogens with one attached hydrogen (secondary N) is 1. The normalized spacial score (nSPS) is 10.5. The third kappa shape index (κ3) is 3.05. The molecule has 2 aromatic heterocycles. The zero-order chi connectivity index (χ0) is 16.4. The highest BCUT2D eigenvalue weighted by Gasteiger charge is 2.15. The van der Waals surface area contributed by atoms with Crippen LogP contribution in [0.2, 0.25) is 0 Å². The monoisotopic (exact) mass is 314 g/mol. The summed E-state index contributed by atoms with van der Waals surface area (Å²) in [7, 11) is 1.75. The van der Waals surface area contributed by atoms with Crippen molar-refractivity contribution in [3.05, 3.63) is 52.2 Å². The van der Waals surface area contributed by atoms with E-state index in [1.165, 1.54) is 24.3 Å². The van der Waals surface area contributed by atoms with E-state index in [0.29, 0.717) is 5.69 Å². The fourth-order valence-electron chi connectivity index (χ4n) is 1.81. The van der Waals surface area contributed by atoms with E-state index in [1.807, 2.05) is 0 Å². The third-order valence-corrected chi connectivity index (χ3v) is 2.92. The first-order valence-corrected chi connectivity index (χ1v) is 6.42. The minimum Gasteiger partial charge on any atom is -0.401 e. The molecule has 0 aliphatic heterocycles. The van der Waals surface area contributed by atoms with Gasteiger partial charge in [-0.05, 0) is 18.2 Å². The van der Waals surface area contributed by atoms with Crippen LogP contribution in [0.3, 0.4) is 0 Å². The number of aryl methyl sites for hydroxylation is 1. The Labute approximate surface area is 128 Å². The summed E-state index contributed by atoms with van der Waals surface area (Å²) in [4.78, 5) is 22.1. The Hall–Kier alpha value is -3.56. The summed E-state index contributed by atoms with van der Waals surface area (Å²) in [6.45, 7) is 0. The van der Waals surface area contributed by atoms with Crippen molar-refractivity contribution in [2.24, 2.45) is 7.05 Å². The lowest BCUT2D eigenvalue weighted by Gasteiger charge is -1.99. The Bertz CT molecular complexity index is 867. The van der Waals surface area contributed by atoms with Crippen LogP contribution in [0.15, 0.2) is 40.9 Å². The maximum absolute atomic E-state index is 12.0. The quantitative estimate of drug-likeness (QED) is 0.572. The number of nitro groups is 1. The molecule has 1 aromatic carbocycles. The second-order valence-electron chi connectivity index (χ2n) is 4.55. The van der Waals surface area contributed by atoms with Crippen molar-refractivity contribution in [3.63, 3.8) is 0 Å². The van der Waals surface area contributed by atoms with E-state index in [2.05, 4.69) is 20.6 Å². The molecule has 0 saturated heterocycles. The number of amides is 1. The molecular formula is C13H10N6O4. The fraction of sp³-hybridized carbons (Fsp3) is 0.0769. The molecule has 0 unspecified atom stereocenters. The molecule has 3 aromatic rings. The van der Waals surface area contributed by atoms with Crippen molar-refractivity contribution in [3.8, 4) is 11.6 Å². The van der Waals surface area contributed by atoms with Gasteiger partial charge in [0.15, 0.2) is 0 Å². The van der Waals surface area contributed by atoms with E-state index in [-0.39, 0.29) is 23.2 Å². The Morgan fingerprint density at radius 1 is 1.26 bits per heavy atom. The van der Waals surface area contributed by atoms with Gasteiger partial charge in [0.05, 0.1) is 4.92 Å². The summed E-state index contributed by atoms with van der Waals surface area (Å²) in [5, 5.41) is 24.6. The molecule has 0 radical (unpaired) electrons. The Morgan fingerprint density at radius 2 is 2.00 bits per heavy atom. The van der Waals surface area contributed by atoms with Gasteiger partial charge in [-0.3, -0.25) is 24.9 Å². The molecule has 2 heterocycles. The molecule has 0 spiro atoms. The SMILES string of the molecule is Cn1ccc(-c2nnc(NC(=O)c3ccc([N+](=O)[O-])cc3)o2)n1. The van der Waals surface area contributed by atoms with Gasteiger partial charge in [0.2, 0.25) is 0 Å². The molecule has 0 atom stereocenters. The molecular weight excluding hydrogens is 304 g/mol. The van der Waals surface area contributed by atoms with Gasteiger partial charge in [-0.1, -0.05) is 5.10 Å². The number of non-ortho nitro benzene ring substituents is 1. The first kappa shape index (κ1) is 14.4. The van der Waals surface area contributed by atoms with Crippen molar-refractivity contribution >= 4 is 17.6 Å². The highest BCUT2D eigenvalue weighted by atomic mass is 16.6. The average Bonchev–Trinajstić information content (AvgIpc) is 3.16. The van der Waals surface area contributed by atoms with Crippen LogP contribution >= 0.6 is 0 Å². The van der Waals surface area contributed by atoms with Gasteiger partial charge in [0.25, 0.3) is 17.5 Å². The third-order valence-electron chi connectivity index (χ3n) is 2.92. The summed E-state index contributed by atoms with van der Waals surface area (Å²) in [6.07, 6.45) is 1.72. The number of anilines is 1. The lowest BCUT2D eigenvalue weighted by atomic mass is 10.2. The van der Waals surface area contributed by atoms with E-state index < -0.39 is 10.8 Å². The molecule has 0 fully saturated rings. The molecule has 0 bridgehead atoms. The van der Waals surface area contributed by atoms with Gasteiger partial charge in [-0.25, -0.2) is 0 Å². The second-order valence-corrected chi connectivity index (χ2v) is 4.55. The zero-order valence-corrected chi connectivity index (χ0v) is 11.8. The molecule has 0 saturated carbocycles. The van der Waals surface area contributed by atoms with Gasteiger partial charge < -0.3 is 4.42 Å². The van der Waals surface area contributed by atoms with Crippen molar-refractivity contribution in [1.29, 1.82) is 0 Å². The molecule has 23 heavy (non-hydrogen) atoms. The van der Waals surface area contributed by atoms with E-state index in [0.717, 1.165) is 0 Å². The molecule has 0 aliphatic rings. The number of hydrogen-bond donors (Lipinski definition) is 1. The van der Waals surface area contributed by atoms with Gasteiger partial charge in [0, 0.05) is 30.9 Å². The summed E-state index contributed by atoms with van der Waals surface area (Å²) >= 11 is 0. The van der Waals surface area contributed by atoms with Crippen LogP contribution in [0, 0.1) is 10.1 Å². The maximum atomic E-state index is 12.0. The van der Waals surface area contributed by atoms with E-state index in [4.69, 9.17) is 4.42 Å². The maximum Gasteiger partial charge on any atom is 0.322 e. The van der Waals surface area contributed by atoms with Crippen LogP contribution in [0.4, 0.5) is 11.7 Å². The van der Waals surface area contributed by atoms with Gasteiger partial charge in [0.1, 0.15) is 5.69 Å². The Balaban J connectivity index is 1.73. The van der Waals surface area contributed by atoms with Gasteiger partial charge in [-0.2, -0.15) is 5.10 Å². The first-order valence-electron chi connectivity index (χ1n) is 6.42. The highest BCUT2D eigenvalue weighted by Crippen LogP contribution is 2.18. The summed E-state index contributed by atoms with van der Waals surface area (Å²) in [6, 6.07) is 6.75. The van der Waals surface area contributed by atoms with E-state index in [1.54, 1.807) is 24.0 Å². The molecule has 3 rings (SSSR count). The van der Waals surface area contributed by atoms with Crippen molar-refractivity contribution in [2.75, 3.05) is 5.32 Å². The molecule has 1 amide bonds. The predicted octanol–water partition coefficient (Wildman–Crippen LogP) is 1.63. The van der Waals surface area contributed by atoms with Crippen molar-refractivity contribution in [1.82, 2.24) is 20.0 Å². The number of benzene rings is 1. The fourth-order valence-corrected chi connectivity index (χ4v) is 1.81. The van der Waals surface area contributed by atoms with Crippen LogP contribution in [-0.4, -0.2) is 30.8 Å². The van der Waals surface area contributed by atoms with Crippen LogP contribution < -0.4 is 5.32 Å². The van der Waals surface area contributed by atoms with Crippen LogP contribution in [-0.2, 0) is 7.05 Å². The van der Waals surface area contributed by atoms with Crippen LogP contribution in [0.1, 0.15) is 10.4 Å². The lowest BCUT2D eigenvalue weighted by Crippen LogP contribution is -2.12. The topological polar surface area (TPSA) is 129 Å². The highest BCUT2D eigenvalue weighted by molar-refractivity contribution is 6.03. The average molecular weight is 314 g/mol. The molecule has 0 aliphatic carbocycles. The first-order chi connectivity index (χ1) is 11.0. The molecule has 1 N–H and O–H groups in total. The number of nitrogens with zero attached hydrogens (tertiary/aromatic N) is 5. The number of rotatable bonds is 4. The molecule has 10 heteroatoms. The Kier molecular flexibility index (Phi) is 3.55. The summed E-state index contributed by atoms with van der Waals surface area (Å²) in [5.41, 5.74) is 0.612. The second kappa shape index (κ2) is 5.67. The summed E-state index contributed by atoms with van der Waals surface area (Å²) in [5.74, 6) is -0.347. The molecule has 10 nitrogen and oxygen atoms in total. The van der Waals surface area contributed by atoms with Crippen LogP contribution in [0.25, 0.3) is 11.6 Å². The van der Waals surface area contributed by atoms with Gasteiger partial charge >= 0.3 is 6.01 Å². The van der Waals surface area contributed by atoms with Gasteiger partial charge in [-0.15, -0.1) is 5.10 Å². The van der Waals surface area contributed by atoms with E-state index in [9.17, 15) is 14.9 Å². The van der Waals surface area contributed by atoms with E-state index >= 15 is 0 Å². The number of carbonyl (C=O) groups is 1. The predicted molar refractivity (Wildman–Crippen MR) is 77.5 cm³/mol. The van der Waals surface area contributed by atoms with Crippen LogP contribution in [0.5, 0.6) is 0 Å². The van der Waals surface area contributed by atoms with Crippen molar-refractivity contribution in [2.45, 2.75) is 0 Å². The largest absolute Gasteiger partial charge is 0.401 e. The standard InChI is InChI=1S/C13H10N6O4/c1-18-7-6-10(17-18)12-15-16-13(23-12)14-11(20)8-2-4-9(5-3-8)19(21)22/h2-7H,1H3,(H,14,16,20). The number of aromatic nitrogens is 4. The van der Waals surface area contributed by atoms with Crippen molar-refractivity contribution < 1.29 is 14.1 Å². The minimum atomic E-state index is -0.543. The lowest BCUT2D eigenvalue weighted by molar-refractivity contribution is -0.384. The number of nitro benzene ring substituents is 1. The minimum absolute atomic E-state index is 0.0889. The smallest absolute Gasteiger partial charge is 0.322 e. The number of hydrogen-bond acceptors (Lipinski definition) is 7. The summed E-state index contributed by atoms with van der Waals surface area (Å²) < 4.78 is 6.88. The molecule has 116 valence electrons. The zero-order valence-electron chi connectivity index (χ0n) is 11.8. The Morgan fingerprint density at radius 3 is 2.61 bits per heavy atom.